The zero-order chi connectivity index (χ0) is 14.6. The first-order valence-electron chi connectivity index (χ1n) is 5.95. The van der Waals surface area contributed by atoms with Gasteiger partial charge in [0.15, 0.2) is 0 Å². The second-order valence-electron chi connectivity index (χ2n) is 4.41. The summed E-state index contributed by atoms with van der Waals surface area (Å²) in [5, 5.41) is 11.4. The van der Waals surface area contributed by atoms with Crippen LogP contribution in [0.4, 0.5) is 10.1 Å². The van der Waals surface area contributed by atoms with Crippen molar-refractivity contribution >= 4 is 17.6 Å². The fourth-order valence-electron chi connectivity index (χ4n) is 1.62. The van der Waals surface area contributed by atoms with Crippen molar-refractivity contribution < 1.29 is 19.1 Å². The van der Waals surface area contributed by atoms with Crippen molar-refractivity contribution in [2.75, 3.05) is 5.73 Å². The molecular weight excluding hydrogens is 251 g/mol. The van der Waals surface area contributed by atoms with Gasteiger partial charge in [0.2, 0.25) is 0 Å². The number of aliphatic carboxylic acids is 1. The second kappa shape index (κ2) is 6.17. The van der Waals surface area contributed by atoms with Gasteiger partial charge < -0.3 is 16.2 Å². The molecule has 0 spiro atoms. The van der Waals surface area contributed by atoms with E-state index in [1.54, 1.807) is 6.92 Å². The Morgan fingerprint density at radius 2 is 2.11 bits per heavy atom. The highest BCUT2D eigenvalue weighted by Gasteiger charge is 2.26. The zero-order valence-corrected chi connectivity index (χ0v) is 10.8. The van der Waals surface area contributed by atoms with Crippen molar-refractivity contribution in [3.63, 3.8) is 0 Å². The van der Waals surface area contributed by atoms with E-state index in [0.29, 0.717) is 6.42 Å². The topological polar surface area (TPSA) is 92.4 Å². The van der Waals surface area contributed by atoms with E-state index in [1.807, 2.05) is 6.92 Å². The van der Waals surface area contributed by atoms with Gasteiger partial charge in [-0.2, -0.15) is 0 Å². The SMILES string of the molecule is CCC(C)C(NC(=O)c1ccc(N)cc1F)C(=O)O. The van der Waals surface area contributed by atoms with Gasteiger partial charge in [-0.05, 0) is 24.1 Å². The monoisotopic (exact) mass is 268 g/mol. The Hall–Kier alpha value is -2.11. The van der Waals surface area contributed by atoms with Crippen LogP contribution in [0.15, 0.2) is 18.2 Å². The normalized spacial score (nSPS) is 13.6. The summed E-state index contributed by atoms with van der Waals surface area (Å²) in [4.78, 5) is 22.9. The van der Waals surface area contributed by atoms with Crippen molar-refractivity contribution in [1.29, 1.82) is 0 Å². The molecule has 104 valence electrons. The number of carbonyl (C=O) groups excluding carboxylic acids is 1. The average Bonchev–Trinajstić information content (AvgIpc) is 2.34. The molecule has 0 bridgehead atoms. The molecule has 0 radical (unpaired) electrons. The maximum absolute atomic E-state index is 13.5. The Morgan fingerprint density at radius 3 is 2.58 bits per heavy atom. The molecule has 5 nitrogen and oxygen atoms in total. The van der Waals surface area contributed by atoms with Crippen LogP contribution in [0.5, 0.6) is 0 Å². The van der Waals surface area contributed by atoms with Crippen molar-refractivity contribution in [2.24, 2.45) is 5.92 Å². The number of rotatable bonds is 5. The third-order valence-corrected chi connectivity index (χ3v) is 3.00. The number of nitrogens with two attached hydrogens (primary N) is 1. The van der Waals surface area contributed by atoms with Gasteiger partial charge in [0, 0.05) is 5.69 Å². The second-order valence-corrected chi connectivity index (χ2v) is 4.41. The molecule has 0 fully saturated rings. The van der Waals surface area contributed by atoms with Crippen LogP contribution in [0, 0.1) is 11.7 Å². The van der Waals surface area contributed by atoms with Gasteiger partial charge in [-0.25, -0.2) is 9.18 Å². The number of amides is 1. The van der Waals surface area contributed by atoms with Crippen molar-refractivity contribution in [3.05, 3.63) is 29.6 Å². The van der Waals surface area contributed by atoms with Gasteiger partial charge in [0.1, 0.15) is 11.9 Å². The molecule has 1 aromatic rings. The number of anilines is 1. The van der Waals surface area contributed by atoms with E-state index in [4.69, 9.17) is 10.8 Å². The fraction of sp³-hybridized carbons (Fsp3) is 0.385. The van der Waals surface area contributed by atoms with Crippen LogP contribution >= 0.6 is 0 Å². The van der Waals surface area contributed by atoms with E-state index in [1.165, 1.54) is 12.1 Å². The first-order chi connectivity index (χ1) is 8.86. The van der Waals surface area contributed by atoms with Crippen LogP contribution in [-0.4, -0.2) is 23.0 Å². The number of nitrogen functional groups attached to an aromatic ring is 1. The zero-order valence-electron chi connectivity index (χ0n) is 10.8. The summed E-state index contributed by atoms with van der Waals surface area (Å²) in [5.74, 6) is -2.92. The van der Waals surface area contributed by atoms with E-state index in [2.05, 4.69) is 5.32 Å². The molecule has 0 aromatic heterocycles. The van der Waals surface area contributed by atoms with Crippen molar-refractivity contribution in [2.45, 2.75) is 26.3 Å². The van der Waals surface area contributed by atoms with Crippen LogP contribution < -0.4 is 11.1 Å². The molecule has 0 saturated heterocycles. The lowest BCUT2D eigenvalue weighted by Crippen LogP contribution is -2.45. The molecular formula is C13H17FN2O3. The molecule has 19 heavy (non-hydrogen) atoms. The predicted octanol–water partition coefficient (Wildman–Crippen LogP) is 1.64. The van der Waals surface area contributed by atoms with Gasteiger partial charge in [-0.15, -0.1) is 0 Å². The molecule has 2 atom stereocenters. The summed E-state index contributed by atoms with van der Waals surface area (Å²) < 4.78 is 13.5. The van der Waals surface area contributed by atoms with E-state index in [0.717, 1.165) is 6.07 Å². The first-order valence-corrected chi connectivity index (χ1v) is 5.95. The van der Waals surface area contributed by atoms with Crippen LogP contribution in [-0.2, 0) is 4.79 Å². The number of halogens is 1. The van der Waals surface area contributed by atoms with Gasteiger partial charge in [-0.3, -0.25) is 4.79 Å². The third kappa shape index (κ3) is 3.67. The van der Waals surface area contributed by atoms with E-state index in [9.17, 15) is 14.0 Å². The lowest BCUT2D eigenvalue weighted by atomic mass is 9.99. The van der Waals surface area contributed by atoms with Crippen molar-refractivity contribution in [1.82, 2.24) is 5.32 Å². The summed E-state index contributed by atoms with van der Waals surface area (Å²) in [5.41, 5.74) is 5.36. The van der Waals surface area contributed by atoms with Gasteiger partial charge in [0.25, 0.3) is 5.91 Å². The maximum atomic E-state index is 13.5. The highest BCUT2D eigenvalue weighted by molar-refractivity contribution is 5.97. The Kier molecular flexibility index (Phi) is 4.86. The standard InChI is InChI=1S/C13H17FN2O3/c1-3-7(2)11(13(18)19)16-12(17)9-5-4-8(15)6-10(9)14/h4-7,11H,3,15H2,1-2H3,(H,16,17)(H,18,19). The fourth-order valence-corrected chi connectivity index (χ4v) is 1.62. The quantitative estimate of drug-likeness (QED) is 0.708. The van der Waals surface area contributed by atoms with Gasteiger partial charge in [-0.1, -0.05) is 20.3 Å². The van der Waals surface area contributed by atoms with Crippen LogP contribution in [0.1, 0.15) is 30.6 Å². The molecule has 0 saturated carbocycles. The van der Waals surface area contributed by atoms with Crippen LogP contribution in [0.3, 0.4) is 0 Å². The largest absolute Gasteiger partial charge is 0.480 e. The van der Waals surface area contributed by atoms with Crippen molar-refractivity contribution in [3.8, 4) is 0 Å². The number of carbonyl (C=O) groups is 2. The molecule has 0 aliphatic carbocycles. The minimum atomic E-state index is -1.14. The molecule has 4 N–H and O–H groups in total. The molecule has 0 aliphatic heterocycles. The molecule has 1 amide bonds. The average molecular weight is 268 g/mol. The molecule has 0 heterocycles. The Morgan fingerprint density at radius 1 is 1.47 bits per heavy atom. The summed E-state index contributed by atoms with van der Waals surface area (Å²) in [7, 11) is 0. The summed E-state index contributed by atoms with van der Waals surface area (Å²) in [6, 6.07) is 2.59. The summed E-state index contributed by atoms with van der Waals surface area (Å²) >= 11 is 0. The number of carboxylic acids is 1. The smallest absolute Gasteiger partial charge is 0.326 e. The Labute approximate surface area is 110 Å². The predicted molar refractivity (Wildman–Crippen MR) is 69.2 cm³/mol. The number of benzene rings is 1. The summed E-state index contributed by atoms with van der Waals surface area (Å²) in [6.07, 6.45) is 0.585. The molecule has 6 heteroatoms. The minimum Gasteiger partial charge on any atom is -0.480 e. The molecule has 2 unspecified atom stereocenters. The number of hydrogen-bond donors (Lipinski definition) is 3. The van der Waals surface area contributed by atoms with E-state index in [-0.39, 0.29) is 17.2 Å². The minimum absolute atomic E-state index is 0.200. The molecule has 0 aliphatic rings. The molecule has 1 aromatic carbocycles. The number of hydrogen-bond acceptors (Lipinski definition) is 3. The maximum Gasteiger partial charge on any atom is 0.326 e. The Bertz CT molecular complexity index is 491. The van der Waals surface area contributed by atoms with E-state index >= 15 is 0 Å². The highest BCUT2D eigenvalue weighted by atomic mass is 19.1. The number of carboxylic acid groups (broad SMARTS) is 1. The first kappa shape index (κ1) is 14.9. The van der Waals surface area contributed by atoms with Gasteiger partial charge >= 0.3 is 5.97 Å². The highest BCUT2D eigenvalue weighted by Crippen LogP contribution is 2.14. The third-order valence-electron chi connectivity index (χ3n) is 3.00. The lowest BCUT2D eigenvalue weighted by molar-refractivity contribution is -0.140. The van der Waals surface area contributed by atoms with E-state index < -0.39 is 23.7 Å². The number of nitrogens with one attached hydrogen (secondary N) is 1. The van der Waals surface area contributed by atoms with Gasteiger partial charge in [0.05, 0.1) is 5.56 Å². The Balaban J connectivity index is 2.91. The van der Waals surface area contributed by atoms with Crippen LogP contribution in [0.2, 0.25) is 0 Å². The lowest BCUT2D eigenvalue weighted by Gasteiger charge is -2.20. The summed E-state index contributed by atoms with van der Waals surface area (Å²) in [6.45, 7) is 3.52. The van der Waals surface area contributed by atoms with Crippen LogP contribution in [0.25, 0.3) is 0 Å². The molecule has 1 rings (SSSR count).